The Morgan fingerprint density at radius 1 is 1.41 bits per heavy atom. The van der Waals surface area contributed by atoms with E-state index in [2.05, 4.69) is 6.92 Å². The van der Waals surface area contributed by atoms with Crippen LogP contribution in [0.4, 0.5) is 0 Å². The molecule has 7 heteroatoms. The highest BCUT2D eigenvalue weighted by Crippen LogP contribution is 2.28. The number of hydrogen-bond donors (Lipinski definition) is 0. The predicted octanol–water partition coefficient (Wildman–Crippen LogP) is 3.57. The maximum atomic E-state index is 12.6. The van der Waals surface area contributed by atoms with Crippen LogP contribution in [0.1, 0.15) is 25.8 Å². The Kier molecular flexibility index (Phi) is 6.14. The maximum absolute atomic E-state index is 12.6. The molecule has 2 atom stereocenters. The van der Waals surface area contributed by atoms with E-state index in [0.717, 1.165) is 12.0 Å². The van der Waals surface area contributed by atoms with E-state index in [4.69, 9.17) is 27.9 Å². The summed E-state index contributed by atoms with van der Waals surface area (Å²) in [5.41, 5.74) is 0.754. The first-order valence-corrected chi connectivity index (χ1v) is 9.73. The molecule has 4 nitrogen and oxygen atoms in total. The number of sulfonamides is 1. The first-order valence-electron chi connectivity index (χ1n) is 7.36. The van der Waals surface area contributed by atoms with Crippen molar-refractivity contribution in [2.24, 2.45) is 5.92 Å². The third kappa shape index (κ3) is 4.15. The molecular formula is C15H21Cl2NO3S. The van der Waals surface area contributed by atoms with Crippen molar-refractivity contribution in [3.05, 3.63) is 33.8 Å². The molecule has 1 unspecified atom stereocenters. The SMILES string of the molecule is CCC(C)[C@H]1COCCS(=O)(=O)N1Cc1ccc(Cl)cc1Cl. The fourth-order valence-corrected chi connectivity index (χ4v) is 4.58. The minimum absolute atomic E-state index is 0.00510. The third-order valence-corrected chi connectivity index (χ3v) is 6.53. The van der Waals surface area contributed by atoms with E-state index in [1.165, 1.54) is 0 Å². The molecule has 1 aliphatic heterocycles. The summed E-state index contributed by atoms with van der Waals surface area (Å²) in [7, 11) is -3.37. The summed E-state index contributed by atoms with van der Waals surface area (Å²) < 4.78 is 32.2. The van der Waals surface area contributed by atoms with Crippen molar-refractivity contribution >= 4 is 33.2 Å². The third-order valence-electron chi connectivity index (χ3n) is 4.14. The van der Waals surface area contributed by atoms with Crippen molar-refractivity contribution in [3.8, 4) is 0 Å². The Hall–Kier alpha value is -0.330. The van der Waals surface area contributed by atoms with Crippen molar-refractivity contribution in [3.63, 3.8) is 0 Å². The average molecular weight is 366 g/mol. The van der Waals surface area contributed by atoms with E-state index in [-0.39, 0.29) is 30.9 Å². The average Bonchev–Trinajstić information content (AvgIpc) is 2.60. The molecule has 0 aliphatic carbocycles. The van der Waals surface area contributed by atoms with Gasteiger partial charge in [-0.3, -0.25) is 0 Å². The van der Waals surface area contributed by atoms with Crippen LogP contribution in [0.15, 0.2) is 18.2 Å². The van der Waals surface area contributed by atoms with Gasteiger partial charge in [0.05, 0.1) is 25.0 Å². The monoisotopic (exact) mass is 365 g/mol. The maximum Gasteiger partial charge on any atom is 0.217 e. The molecule has 1 saturated heterocycles. The summed E-state index contributed by atoms with van der Waals surface area (Å²) in [6, 6.07) is 4.96. The topological polar surface area (TPSA) is 46.6 Å². The highest BCUT2D eigenvalue weighted by Gasteiger charge is 2.35. The first-order chi connectivity index (χ1) is 10.3. The highest BCUT2D eigenvalue weighted by molar-refractivity contribution is 7.89. The van der Waals surface area contributed by atoms with Crippen LogP contribution < -0.4 is 0 Å². The molecule has 0 spiro atoms. The van der Waals surface area contributed by atoms with Gasteiger partial charge in [0.25, 0.3) is 0 Å². The molecule has 0 radical (unpaired) electrons. The molecule has 1 aromatic carbocycles. The van der Waals surface area contributed by atoms with E-state index in [9.17, 15) is 8.42 Å². The number of ether oxygens (including phenoxy) is 1. The Labute approximate surface area is 142 Å². The lowest BCUT2D eigenvalue weighted by Gasteiger charge is -2.32. The van der Waals surface area contributed by atoms with E-state index < -0.39 is 10.0 Å². The smallest absolute Gasteiger partial charge is 0.217 e. The van der Waals surface area contributed by atoms with Crippen molar-refractivity contribution in [2.45, 2.75) is 32.9 Å². The van der Waals surface area contributed by atoms with Gasteiger partial charge in [-0.25, -0.2) is 8.42 Å². The Morgan fingerprint density at radius 2 is 2.14 bits per heavy atom. The molecule has 1 aromatic rings. The fraction of sp³-hybridized carbons (Fsp3) is 0.600. The number of hydrogen-bond acceptors (Lipinski definition) is 3. The van der Waals surface area contributed by atoms with E-state index in [1.807, 2.05) is 6.92 Å². The van der Waals surface area contributed by atoms with Gasteiger partial charge in [0, 0.05) is 16.6 Å². The van der Waals surface area contributed by atoms with Gasteiger partial charge in [-0.05, 0) is 23.6 Å². The van der Waals surface area contributed by atoms with Gasteiger partial charge in [0.1, 0.15) is 0 Å². The van der Waals surface area contributed by atoms with Crippen LogP contribution in [-0.4, -0.2) is 37.7 Å². The van der Waals surface area contributed by atoms with Gasteiger partial charge < -0.3 is 4.74 Å². The van der Waals surface area contributed by atoms with Crippen LogP contribution in [0.3, 0.4) is 0 Å². The van der Waals surface area contributed by atoms with Gasteiger partial charge >= 0.3 is 0 Å². The van der Waals surface area contributed by atoms with Crippen molar-refractivity contribution in [1.82, 2.24) is 4.31 Å². The van der Waals surface area contributed by atoms with Crippen LogP contribution in [0, 0.1) is 5.92 Å². The number of nitrogens with zero attached hydrogens (tertiary/aromatic N) is 1. The molecule has 0 saturated carbocycles. The van der Waals surface area contributed by atoms with Gasteiger partial charge in [-0.1, -0.05) is 49.5 Å². The minimum atomic E-state index is -3.37. The normalized spacial score (nSPS) is 23.9. The Bertz CT molecular complexity index is 621. The zero-order valence-corrected chi connectivity index (χ0v) is 15.1. The molecule has 0 amide bonds. The number of rotatable bonds is 4. The molecule has 1 heterocycles. The molecule has 1 aliphatic rings. The van der Waals surface area contributed by atoms with Crippen molar-refractivity contribution in [2.75, 3.05) is 19.0 Å². The van der Waals surface area contributed by atoms with E-state index in [0.29, 0.717) is 16.7 Å². The standard InChI is InChI=1S/C15H21Cl2NO3S/c1-3-11(2)15-10-21-6-7-22(19,20)18(15)9-12-4-5-13(16)8-14(12)17/h4-5,8,11,15H,3,6-7,9-10H2,1-2H3/t11?,15-/m1/s1. The lowest BCUT2D eigenvalue weighted by Crippen LogP contribution is -2.44. The lowest BCUT2D eigenvalue weighted by molar-refractivity contribution is 0.0854. The summed E-state index contributed by atoms with van der Waals surface area (Å²) in [4.78, 5) is 0. The van der Waals surface area contributed by atoms with Crippen LogP contribution in [0.25, 0.3) is 0 Å². The molecule has 0 aromatic heterocycles. The van der Waals surface area contributed by atoms with Crippen molar-refractivity contribution < 1.29 is 13.2 Å². The highest BCUT2D eigenvalue weighted by atomic mass is 35.5. The second-order valence-electron chi connectivity index (χ2n) is 5.62. The lowest BCUT2D eigenvalue weighted by atomic mass is 9.99. The second kappa shape index (κ2) is 7.49. The van der Waals surface area contributed by atoms with Crippen LogP contribution in [0.2, 0.25) is 10.0 Å². The van der Waals surface area contributed by atoms with Gasteiger partial charge in [-0.15, -0.1) is 0 Å². The van der Waals surface area contributed by atoms with Crippen LogP contribution in [0.5, 0.6) is 0 Å². The molecule has 2 rings (SSSR count). The zero-order valence-electron chi connectivity index (χ0n) is 12.8. The Balaban J connectivity index is 2.35. The van der Waals surface area contributed by atoms with Gasteiger partial charge in [0.2, 0.25) is 10.0 Å². The largest absolute Gasteiger partial charge is 0.379 e. The van der Waals surface area contributed by atoms with E-state index in [1.54, 1.807) is 22.5 Å². The predicted molar refractivity (Wildman–Crippen MR) is 89.9 cm³/mol. The second-order valence-corrected chi connectivity index (χ2v) is 8.51. The summed E-state index contributed by atoms with van der Waals surface area (Å²) in [6.07, 6.45) is 0.883. The van der Waals surface area contributed by atoms with Gasteiger partial charge in [-0.2, -0.15) is 4.31 Å². The zero-order chi connectivity index (χ0) is 16.3. The van der Waals surface area contributed by atoms with E-state index >= 15 is 0 Å². The molecule has 124 valence electrons. The summed E-state index contributed by atoms with van der Waals surface area (Å²) in [5, 5.41) is 1.02. The molecule has 22 heavy (non-hydrogen) atoms. The molecule has 1 fully saturated rings. The van der Waals surface area contributed by atoms with Crippen LogP contribution >= 0.6 is 23.2 Å². The Morgan fingerprint density at radius 3 is 2.77 bits per heavy atom. The first kappa shape index (κ1) is 18.0. The van der Waals surface area contributed by atoms with Crippen LogP contribution in [-0.2, 0) is 21.3 Å². The molecular weight excluding hydrogens is 345 g/mol. The summed E-state index contributed by atoms with van der Waals surface area (Å²) >= 11 is 12.1. The summed E-state index contributed by atoms with van der Waals surface area (Å²) in [6.45, 7) is 5.00. The van der Waals surface area contributed by atoms with Gasteiger partial charge in [0.15, 0.2) is 0 Å². The molecule has 0 bridgehead atoms. The quantitative estimate of drug-likeness (QED) is 0.819. The summed E-state index contributed by atoms with van der Waals surface area (Å²) in [5.74, 6) is 0.212. The molecule has 0 N–H and O–H groups in total. The fourth-order valence-electron chi connectivity index (χ4n) is 2.53. The number of benzene rings is 1. The minimum Gasteiger partial charge on any atom is -0.379 e. The van der Waals surface area contributed by atoms with Crippen molar-refractivity contribution in [1.29, 1.82) is 0 Å². The number of halogens is 2.